The molecule has 0 saturated heterocycles. The van der Waals surface area contributed by atoms with Crippen LogP contribution in [0.5, 0.6) is 5.75 Å². The van der Waals surface area contributed by atoms with Crippen LogP contribution in [0.15, 0.2) is 52.0 Å². The fourth-order valence-electron chi connectivity index (χ4n) is 2.32. The topological polar surface area (TPSA) is 55.2 Å². The molecule has 122 valence electrons. The van der Waals surface area contributed by atoms with E-state index >= 15 is 0 Å². The van der Waals surface area contributed by atoms with Crippen LogP contribution in [0.4, 0.5) is 0 Å². The van der Waals surface area contributed by atoms with Crippen LogP contribution in [-0.2, 0) is 0 Å². The van der Waals surface area contributed by atoms with E-state index in [4.69, 9.17) is 17.0 Å². The molecule has 0 aliphatic heterocycles. The minimum Gasteiger partial charge on any atom is -0.496 e. The number of hydrogen-bond donors (Lipinski definition) is 1. The minimum absolute atomic E-state index is 0.429. The molecule has 3 aromatic rings. The summed E-state index contributed by atoms with van der Waals surface area (Å²) in [6, 6.07) is 13.7. The van der Waals surface area contributed by atoms with Crippen molar-refractivity contribution in [2.75, 3.05) is 7.11 Å². The lowest BCUT2D eigenvalue weighted by Crippen LogP contribution is -1.97. The number of benzene rings is 2. The Bertz CT molecular complexity index is 961. The van der Waals surface area contributed by atoms with Gasteiger partial charge in [0.15, 0.2) is 5.82 Å². The molecule has 0 amide bonds. The zero-order chi connectivity index (χ0) is 17.1. The zero-order valence-corrected chi connectivity index (χ0v) is 15.6. The molecule has 24 heavy (non-hydrogen) atoms. The van der Waals surface area contributed by atoms with E-state index in [-0.39, 0.29) is 0 Å². The van der Waals surface area contributed by atoms with Crippen LogP contribution in [0.1, 0.15) is 11.1 Å². The van der Waals surface area contributed by atoms with Gasteiger partial charge in [-0.15, -0.1) is 0 Å². The molecular formula is C17H15BrN4OS. The fraction of sp³-hybridized carbons (Fsp3) is 0.118. The van der Waals surface area contributed by atoms with Gasteiger partial charge in [-0.2, -0.15) is 14.9 Å². The molecular weight excluding hydrogens is 388 g/mol. The van der Waals surface area contributed by atoms with Crippen molar-refractivity contribution in [1.29, 1.82) is 0 Å². The van der Waals surface area contributed by atoms with E-state index in [9.17, 15) is 0 Å². The highest BCUT2D eigenvalue weighted by Gasteiger charge is 2.10. The highest BCUT2D eigenvalue weighted by atomic mass is 79.9. The monoisotopic (exact) mass is 402 g/mol. The Labute approximate surface area is 153 Å². The lowest BCUT2D eigenvalue weighted by molar-refractivity contribution is 0.414. The second kappa shape index (κ2) is 7.11. The first-order valence-electron chi connectivity index (χ1n) is 7.21. The molecule has 0 fully saturated rings. The number of aromatic nitrogens is 3. The first kappa shape index (κ1) is 16.6. The number of H-pyrrole nitrogens is 1. The molecule has 0 aliphatic rings. The van der Waals surface area contributed by atoms with Crippen LogP contribution < -0.4 is 4.74 Å². The third kappa shape index (κ3) is 3.32. The zero-order valence-electron chi connectivity index (χ0n) is 13.2. The molecule has 0 spiro atoms. The van der Waals surface area contributed by atoms with Gasteiger partial charge < -0.3 is 4.74 Å². The number of aryl methyl sites for hydroxylation is 1. The molecule has 0 radical (unpaired) electrons. The van der Waals surface area contributed by atoms with E-state index in [0.29, 0.717) is 10.6 Å². The normalized spacial score (nSPS) is 11.1. The number of nitrogens with one attached hydrogen (secondary N) is 1. The van der Waals surface area contributed by atoms with Gasteiger partial charge in [0.25, 0.3) is 0 Å². The number of nitrogens with zero attached hydrogens (tertiary/aromatic N) is 3. The van der Waals surface area contributed by atoms with Crippen LogP contribution in [0, 0.1) is 11.7 Å². The summed E-state index contributed by atoms with van der Waals surface area (Å²) < 4.78 is 8.35. The molecule has 0 aliphatic carbocycles. The van der Waals surface area contributed by atoms with Crippen LogP contribution in [-0.4, -0.2) is 28.2 Å². The van der Waals surface area contributed by atoms with Gasteiger partial charge in [-0.1, -0.05) is 40.2 Å². The standard InChI is InChI=1S/C17H15BrN4OS/c1-11-5-3-4-6-14(11)16-20-21-17(24)22(16)19-10-12-9-13(18)7-8-15(12)23-2/h3-10H,1-2H3,(H,21,24). The summed E-state index contributed by atoms with van der Waals surface area (Å²) in [5.41, 5.74) is 2.91. The van der Waals surface area contributed by atoms with Crippen LogP contribution >= 0.6 is 28.1 Å². The maximum absolute atomic E-state index is 5.36. The van der Waals surface area contributed by atoms with E-state index < -0.39 is 0 Å². The largest absolute Gasteiger partial charge is 0.496 e. The third-order valence-corrected chi connectivity index (χ3v) is 4.30. The summed E-state index contributed by atoms with van der Waals surface area (Å²) in [6.45, 7) is 2.03. The van der Waals surface area contributed by atoms with E-state index in [1.54, 1.807) is 18.0 Å². The smallest absolute Gasteiger partial charge is 0.216 e. The highest BCUT2D eigenvalue weighted by molar-refractivity contribution is 9.10. The number of rotatable bonds is 4. The summed E-state index contributed by atoms with van der Waals surface area (Å²) >= 11 is 8.77. The molecule has 0 saturated carbocycles. The van der Waals surface area contributed by atoms with E-state index in [0.717, 1.165) is 26.9 Å². The first-order valence-corrected chi connectivity index (χ1v) is 8.41. The van der Waals surface area contributed by atoms with Gasteiger partial charge in [0.2, 0.25) is 4.77 Å². The molecule has 1 aromatic heterocycles. The molecule has 0 bridgehead atoms. The first-order chi connectivity index (χ1) is 11.6. The lowest BCUT2D eigenvalue weighted by atomic mass is 10.1. The van der Waals surface area contributed by atoms with Crippen molar-refractivity contribution in [3.8, 4) is 17.1 Å². The summed E-state index contributed by atoms with van der Waals surface area (Å²) in [4.78, 5) is 0. The van der Waals surface area contributed by atoms with E-state index in [1.807, 2.05) is 49.4 Å². The maximum Gasteiger partial charge on any atom is 0.216 e. The van der Waals surface area contributed by atoms with Crippen molar-refractivity contribution >= 4 is 34.4 Å². The van der Waals surface area contributed by atoms with Gasteiger partial charge in [0.1, 0.15) is 5.75 Å². The molecule has 0 unspecified atom stereocenters. The average molecular weight is 403 g/mol. The van der Waals surface area contributed by atoms with Gasteiger partial charge in [-0.3, -0.25) is 0 Å². The molecule has 3 rings (SSSR count). The molecule has 1 N–H and O–H groups in total. The summed E-state index contributed by atoms with van der Waals surface area (Å²) in [5.74, 6) is 1.40. The Morgan fingerprint density at radius 2 is 2.08 bits per heavy atom. The maximum atomic E-state index is 5.36. The highest BCUT2D eigenvalue weighted by Crippen LogP contribution is 2.23. The van der Waals surface area contributed by atoms with Crippen molar-refractivity contribution in [2.24, 2.45) is 5.10 Å². The van der Waals surface area contributed by atoms with Gasteiger partial charge in [0, 0.05) is 15.6 Å². The quantitative estimate of drug-likeness (QED) is 0.513. The van der Waals surface area contributed by atoms with Gasteiger partial charge in [-0.25, -0.2) is 5.10 Å². The molecule has 1 heterocycles. The average Bonchev–Trinajstić information content (AvgIpc) is 2.94. The Hall–Kier alpha value is -2.25. The number of hydrogen-bond acceptors (Lipinski definition) is 4. The summed E-state index contributed by atoms with van der Waals surface area (Å²) in [6.07, 6.45) is 1.71. The summed E-state index contributed by atoms with van der Waals surface area (Å²) in [7, 11) is 1.63. The predicted octanol–water partition coefficient (Wildman–Crippen LogP) is 4.57. The third-order valence-electron chi connectivity index (χ3n) is 3.54. The Morgan fingerprint density at radius 1 is 1.29 bits per heavy atom. The fourth-order valence-corrected chi connectivity index (χ4v) is 2.88. The van der Waals surface area contributed by atoms with Crippen molar-refractivity contribution in [3.63, 3.8) is 0 Å². The van der Waals surface area contributed by atoms with Gasteiger partial charge >= 0.3 is 0 Å². The number of halogens is 1. The SMILES string of the molecule is COc1ccc(Br)cc1C=Nn1c(-c2ccccc2C)n[nH]c1=S. The molecule has 0 atom stereocenters. The van der Waals surface area contributed by atoms with Gasteiger partial charge in [-0.05, 0) is 42.9 Å². The van der Waals surface area contributed by atoms with E-state index in [1.165, 1.54) is 0 Å². The molecule has 7 heteroatoms. The van der Waals surface area contributed by atoms with Crippen molar-refractivity contribution in [2.45, 2.75) is 6.92 Å². The van der Waals surface area contributed by atoms with Gasteiger partial charge in [0.05, 0.1) is 13.3 Å². The van der Waals surface area contributed by atoms with Crippen LogP contribution in [0.25, 0.3) is 11.4 Å². The number of ether oxygens (including phenoxy) is 1. The summed E-state index contributed by atoms with van der Waals surface area (Å²) in [5, 5.41) is 11.6. The van der Waals surface area contributed by atoms with Crippen molar-refractivity contribution < 1.29 is 4.74 Å². The van der Waals surface area contributed by atoms with Crippen LogP contribution in [0.3, 0.4) is 0 Å². The van der Waals surface area contributed by atoms with Crippen LogP contribution in [0.2, 0.25) is 0 Å². The number of methoxy groups -OCH3 is 1. The Kier molecular flexibility index (Phi) is 4.92. The van der Waals surface area contributed by atoms with E-state index in [2.05, 4.69) is 31.2 Å². The minimum atomic E-state index is 0.429. The Balaban J connectivity index is 2.06. The van der Waals surface area contributed by atoms with Crippen molar-refractivity contribution in [3.05, 3.63) is 62.8 Å². The second-order valence-corrected chi connectivity index (χ2v) is 6.41. The number of aromatic amines is 1. The van der Waals surface area contributed by atoms with Crippen molar-refractivity contribution in [1.82, 2.24) is 14.9 Å². The predicted molar refractivity (Wildman–Crippen MR) is 101 cm³/mol. The Morgan fingerprint density at radius 3 is 2.83 bits per heavy atom. The molecule has 2 aromatic carbocycles. The second-order valence-electron chi connectivity index (χ2n) is 5.11. The lowest BCUT2D eigenvalue weighted by Gasteiger charge is -2.06. The molecule has 5 nitrogen and oxygen atoms in total.